The molecule has 0 N–H and O–H groups in total. The molecule has 0 fully saturated rings. The van der Waals surface area contributed by atoms with E-state index in [-0.39, 0.29) is 5.69 Å². The van der Waals surface area contributed by atoms with Crippen molar-refractivity contribution in [3.05, 3.63) is 62.1 Å². The van der Waals surface area contributed by atoms with Crippen LogP contribution in [0.15, 0.2) is 40.9 Å². The number of nitrogens with zero attached hydrogens (tertiary/aromatic N) is 2. The van der Waals surface area contributed by atoms with E-state index in [2.05, 4.69) is 22.0 Å². The number of non-ortho nitro benzene ring substituents is 1. The molecule has 0 bridgehead atoms. The molecule has 6 nitrogen and oxygen atoms in total. The predicted molar refractivity (Wildman–Crippen MR) is 98.4 cm³/mol. The average molecular weight is 403 g/mol. The van der Waals surface area contributed by atoms with Crippen LogP contribution in [0, 0.1) is 21.4 Å². The molecule has 0 aliphatic rings. The Kier molecular flexibility index (Phi) is 6.14. The highest BCUT2D eigenvalue weighted by molar-refractivity contribution is 9.10. The van der Waals surface area contributed by atoms with Crippen molar-refractivity contribution >= 4 is 33.3 Å². The molecule has 0 aromatic heterocycles. The fraction of sp³-hybridized carbons (Fsp3) is 0.167. The fourth-order valence-electron chi connectivity index (χ4n) is 2.24. The second-order valence-corrected chi connectivity index (χ2v) is 5.80. The molecule has 2 rings (SSSR count). The van der Waals surface area contributed by atoms with Gasteiger partial charge in [0.1, 0.15) is 0 Å². The summed E-state index contributed by atoms with van der Waals surface area (Å²) in [6.07, 6.45) is 1.64. The van der Waals surface area contributed by atoms with Gasteiger partial charge in [-0.05, 0) is 52.2 Å². The number of hydrogen-bond acceptors (Lipinski definition) is 5. The molecule has 25 heavy (non-hydrogen) atoms. The maximum absolute atomic E-state index is 10.9. The third-order valence-corrected chi connectivity index (χ3v) is 3.93. The number of rotatable bonds is 6. The maximum Gasteiger partial charge on any atom is 0.270 e. The Morgan fingerprint density at radius 2 is 2.16 bits per heavy atom. The molecular formula is C18H15BrN2O4. The van der Waals surface area contributed by atoms with Gasteiger partial charge in [0, 0.05) is 12.1 Å². The molecule has 0 radical (unpaired) electrons. The summed E-state index contributed by atoms with van der Waals surface area (Å²) in [5.41, 5.74) is 1.42. The summed E-state index contributed by atoms with van der Waals surface area (Å²) in [6, 6.07) is 11.6. The van der Waals surface area contributed by atoms with Crippen molar-refractivity contribution in [2.75, 3.05) is 13.7 Å². The van der Waals surface area contributed by atoms with Gasteiger partial charge in [-0.1, -0.05) is 12.1 Å². The molecule has 0 amide bonds. The zero-order valence-electron chi connectivity index (χ0n) is 13.7. The molecule has 128 valence electrons. The summed E-state index contributed by atoms with van der Waals surface area (Å²) in [4.78, 5) is 10.4. The molecule has 0 unspecified atom stereocenters. The van der Waals surface area contributed by atoms with Gasteiger partial charge in [0.2, 0.25) is 0 Å². The number of halogens is 1. The third kappa shape index (κ3) is 4.37. The first-order valence-corrected chi connectivity index (χ1v) is 8.16. The van der Waals surface area contributed by atoms with Crippen LogP contribution in [0.5, 0.6) is 11.5 Å². The second kappa shape index (κ2) is 8.31. The minimum absolute atomic E-state index is 0.0656. The molecule has 0 atom stereocenters. The Morgan fingerprint density at radius 3 is 2.76 bits per heavy atom. The van der Waals surface area contributed by atoms with Crippen LogP contribution in [0.2, 0.25) is 0 Å². The van der Waals surface area contributed by atoms with E-state index < -0.39 is 4.92 Å². The van der Waals surface area contributed by atoms with Crippen molar-refractivity contribution in [2.24, 2.45) is 0 Å². The maximum atomic E-state index is 10.9. The van der Waals surface area contributed by atoms with Crippen LogP contribution in [0.3, 0.4) is 0 Å². The lowest BCUT2D eigenvalue weighted by molar-refractivity contribution is -0.384. The number of nitro benzene ring substituents is 1. The van der Waals surface area contributed by atoms with Crippen LogP contribution >= 0.6 is 15.9 Å². The highest BCUT2D eigenvalue weighted by Gasteiger charge is 2.12. The smallest absolute Gasteiger partial charge is 0.270 e. The first kappa shape index (κ1) is 18.5. The van der Waals surface area contributed by atoms with Gasteiger partial charge >= 0.3 is 0 Å². The Labute approximate surface area is 153 Å². The summed E-state index contributed by atoms with van der Waals surface area (Å²) in [7, 11) is 1.53. The lowest BCUT2D eigenvalue weighted by atomic mass is 10.0. The number of benzene rings is 2. The van der Waals surface area contributed by atoms with Crippen LogP contribution in [0.4, 0.5) is 5.69 Å². The molecular weight excluding hydrogens is 388 g/mol. The van der Waals surface area contributed by atoms with E-state index in [1.54, 1.807) is 30.3 Å². The largest absolute Gasteiger partial charge is 0.493 e. The van der Waals surface area contributed by atoms with Crippen molar-refractivity contribution in [1.82, 2.24) is 0 Å². The van der Waals surface area contributed by atoms with Crippen molar-refractivity contribution < 1.29 is 14.4 Å². The normalized spacial score (nSPS) is 10.9. The first-order valence-electron chi connectivity index (χ1n) is 7.37. The van der Waals surface area contributed by atoms with Gasteiger partial charge in [-0.2, -0.15) is 5.26 Å². The summed E-state index contributed by atoms with van der Waals surface area (Å²) in [5, 5.41) is 20.4. The Hall–Kier alpha value is -2.85. The zero-order valence-corrected chi connectivity index (χ0v) is 15.2. The van der Waals surface area contributed by atoms with E-state index in [1.807, 2.05) is 6.92 Å². The van der Waals surface area contributed by atoms with Gasteiger partial charge in [0.15, 0.2) is 11.5 Å². The monoisotopic (exact) mass is 402 g/mol. The molecule has 0 aliphatic carbocycles. The molecule has 0 spiro atoms. The van der Waals surface area contributed by atoms with Crippen molar-refractivity contribution in [1.29, 1.82) is 5.26 Å². The van der Waals surface area contributed by atoms with Crippen molar-refractivity contribution in [3.63, 3.8) is 0 Å². The molecule has 2 aromatic rings. The van der Waals surface area contributed by atoms with Crippen LogP contribution in [-0.4, -0.2) is 18.6 Å². The van der Waals surface area contributed by atoms with E-state index in [4.69, 9.17) is 9.47 Å². The standard InChI is InChI=1S/C18H15BrN2O4/c1-3-25-18-16(19)8-12(9-17(18)24-2)7-14(11-20)13-5-4-6-15(10-13)21(22)23/h4-10H,3H2,1-2H3/b14-7-. The molecule has 0 heterocycles. The van der Waals surface area contributed by atoms with Gasteiger partial charge in [-0.15, -0.1) is 0 Å². The van der Waals surface area contributed by atoms with Gasteiger partial charge in [0.25, 0.3) is 5.69 Å². The van der Waals surface area contributed by atoms with Gasteiger partial charge < -0.3 is 9.47 Å². The average Bonchev–Trinajstić information content (AvgIpc) is 2.61. The van der Waals surface area contributed by atoms with Gasteiger partial charge in [0.05, 0.1) is 34.8 Å². The minimum Gasteiger partial charge on any atom is -0.493 e. The predicted octanol–water partition coefficient (Wildman–Crippen LogP) is 4.83. The fourth-order valence-corrected chi connectivity index (χ4v) is 2.82. The molecule has 0 saturated carbocycles. The van der Waals surface area contributed by atoms with E-state index in [0.29, 0.717) is 39.3 Å². The quantitative estimate of drug-likeness (QED) is 0.299. The summed E-state index contributed by atoms with van der Waals surface area (Å²) >= 11 is 3.43. The zero-order chi connectivity index (χ0) is 18.4. The SMILES string of the molecule is CCOc1c(Br)cc(/C=C(/C#N)c2cccc([N+](=O)[O-])c2)cc1OC. The first-order chi connectivity index (χ1) is 12.0. The van der Waals surface area contributed by atoms with Crippen LogP contribution in [-0.2, 0) is 0 Å². The highest BCUT2D eigenvalue weighted by atomic mass is 79.9. The summed E-state index contributed by atoms with van der Waals surface area (Å²) in [6.45, 7) is 2.36. The van der Waals surface area contributed by atoms with E-state index in [9.17, 15) is 15.4 Å². The van der Waals surface area contributed by atoms with Crippen LogP contribution in [0.25, 0.3) is 11.6 Å². The van der Waals surface area contributed by atoms with Crippen molar-refractivity contribution in [2.45, 2.75) is 6.92 Å². The number of methoxy groups -OCH3 is 1. The molecule has 2 aromatic carbocycles. The molecule has 7 heteroatoms. The van der Waals surface area contributed by atoms with Gasteiger partial charge in [-0.3, -0.25) is 10.1 Å². The molecule has 0 saturated heterocycles. The molecule has 0 aliphatic heterocycles. The van der Waals surface area contributed by atoms with Gasteiger partial charge in [-0.25, -0.2) is 0 Å². The number of hydrogen-bond donors (Lipinski definition) is 0. The Balaban J connectivity index is 2.50. The number of nitriles is 1. The second-order valence-electron chi connectivity index (χ2n) is 4.94. The van der Waals surface area contributed by atoms with E-state index in [1.165, 1.54) is 19.2 Å². The minimum atomic E-state index is -0.491. The Bertz CT molecular complexity index is 872. The van der Waals surface area contributed by atoms with E-state index >= 15 is 0 Å². The lowest BCUT2D eigenvalue weighted by Gasteiger charge is -2.12. The number of ether oxygens (including phenoxy) is 2. The third-order valence-electron chi connectivity index (χ3n) is 3.34. The lowest BCUT2D eigenvalue weighted by Crippen LogP contribution is -1.97. The summed E-state index contributed by atoms with van der Waals surface area (Å²) in [5.74, 6) is 1.11. The summed E-state index contributed by atoms with van der Waals surface area (Å²) < 4.78 is 11.6. The van der Waals surface area contributed by atoms with Crippen LogP contribution in [0.1, 0.15) is 18.1 Å². The van der Waals surface area contributed by atoms with Crippen LogP contribution < -0.4 is 9.47 Å². The highest BCUT2D eigenvalue weighted by Crippen LogP contribution is 2.37. The topological polar surface area (TPSA) is 85.4 Å². The number of allylic oxidation sites excluding steroid dienone is 1. The van der Waals surface area contributed by atoms with Crippen molar-refractivity contribution in [3.8, 4) is 17.6 Å². The Morgan fingerprint density at radius 1 is 1.40 bits per heavy atom. The van der Waals surface area contributed by atoms with E-state index in [0.717, 1.165) is 0 Å². The number of nitro groups is 1.